The van der Waals surface area contributed by atoms with Gasteiger partial charge in [-0.05, 0) is 169 Å². The molecule has 0 atom stereocenters. The van der Waals surface area contributed by atoms with E-state index in [1.165, 1.54) is 132 Å². The van der Waals surface area contributed by atoms with Crippen molar-refractivity contribution in [2.75, 3.05) is 5.73 Å². The number of hydrogen-bond acceptors (Lipinski definition) is 1. The van der Waals surface area contributed by atoms with E-state index < -0.39 is 0 Å². The Morgan fingerprint density at radius 2 is 0.591 bits per heavy atom. The number of nitrogens with two attached hydrogens (primary N) is 1. The van der Waals surface area contributed by atoms with Crippen LogP contribution in [0, 0.1) is 0 Å². The number of anilines is 1. The first-order valence-corrected chi connectivity index (χ1v) is 29.7. The number of fused-ring (bicyclic) bond motifs is 8. The number of aromatic nitrogens is 2. The Hall–Kier alpha value is -10.5. The molecule has 4 heteroatoms. The second-order valence-corrected chi connectivity index (χ2v) is 22.5. The van der Waals surface area contributed by atoms with Gasteiger partial charge in [-0.3, -0.25) is 0 Å². The Labute approximate surface area is 526 Å². The van der Waals surface area contributed by atoms with Crippen LogP contribution in [-0.2, 0) is 6.42 Å². The summed E-state index contributed by atoms with van der Waals surface area (Å²) in [6.45, 7) is 0. The van der Waals surface area contributed by atoms with Gasteiger partial charge in [-0.25, -0.2) is 0 Å². The SMILES string of the molecule is Brc1ccc(-c2ccc3c(c2)c2ccccc2n3-c2ccccc2)cc1.C.C.C.Nc1ccc(-c2cccc3ccccc23)cc1.c1ccc(-n2c3ccccc3c3cc(-c4ccc(Cc5ccc(-c6cccc7ccccc67)cc5)cc4)ccc32)cc1. The van der Waals surface area contributed by atoms with Crippen LogP contribution in [0.25, 0.3) is 121 Å². The predicted octanol–water partition coefficient (Wildman–Crippen LogP) is 24.1. The van der Waals surface area contributed by atoms with Crippen molar-refractivity contribution in [3.8, 4) is 55.9 Å². The summed E-state index contributed by atoms with van der Waals surface area (Å²) < 4.78 is 5.81. The smallest absolute Gasteiger partial charge is 0.0541 e. The quantitative estimate of drug-likeness (QED) is 0.151. The van der Waals surface area contributed by atoms with Gasteiger partial charge in [0.2, 0.25) is 0 Å². The molecule has 0 unspecified atom stereocenters. The molecule has 2 aromatic heterocycles. The van der Waals surface area contributed by atoms with Gasteiger partial charge >= 0.3 is 0 Å². The highest BCUT2D eigenvalue weighted by Crippen LogP contribution is 2.38. The van der Waals surface area contributed by atoms with Crippen LogP contribution < -0.4 is 5.73 Å². The molecule has 0 saturated carbocycles. The fourth-order valence-electron chi connectivity index (χ4n) is 12.1. The lowest BCUT2D eigenvalue weighted by molar-refractivity contribution is 1.18. The molecule has 2 N–H and O–H groups in total. The minimum absolute atomic E-state index is 0. The van der Waals surface area contributed by atoms with E-state index in [-0.39, 0.29) is 22.3 Å². The van der Waals surface area contributed by atoms with Crippen molar-refractivity contribution < 1.29 is 0 Å². The summed E-state index contributed by atoms with van der Waals surface area (Å²) in [5.41, 5.74) is 26.4. The van der Waals surface area contributed by atoms with E-state index >= 15 is 0 Å². The largest absolute Gasteiger partial charge is 0.399 e. The number of halogens is 1. The third-order valence-electron chi connectivity index (χ3n) is 16.3. The number of rotatable bonds is 8. The van der Waals surface area contributed by atoms with Gasteiger partial charge in [0.15, 0.2) is 0 Å². The molecule has 2 heterocycles. The molecule has 3 nitrogen and oxygen atoms in total. The average molecular weight is 1200 g/mol. The van der Waals surface area contributed by atoms with Gasteiger partial charge in [-0.2, -0.15) is 0 Å². The van der Waals surface area contributed by atoms with Gasteiger partial charge < -0.3 is 14.9 Å². The van der Waals surface area contributed by atoms with Gasteiger partial charge in [0, 0.05) is 43.1 Å². The molecular weight excluding hydrogens is 1130 g/mol. The minimum atomic E-state index is 0. The van der Waals surface area contributed by atoms with Gasteiger partial charge in [0.1, 0.15) is 0 Å². The monoisotopic (exact) mass is 1200 g/mol. The van der Waals surface area contributed by atoms with Crippen molar-refractivity contribution in [3.63, 3.8) is 0 Å². The highest BCUT2D eigenvalue weighted by atomic mass is 79.9. The van der Waals surface area contributed by atoms with Crippen molar-refractivity contribution >= 4 is 86.8 Å². The van der Waals surface area contributed by atoms with Gasteiger partial charge in [0.25, 0.3) is 0 Å². The molecule has 0 saturated heterocycles. The number of nitrogens with zero attached hydrogens (tertiary/aromatic N) is 2. The lowest BCUT2D eigenvalue weighted by atomic mass is 9.96. The van der Waals surface area contributed by atoms with E-state index in [2.05, 4.69) is 341 Å². The van der Waals surface area contributed by atoms with Crippen molar-refractivity contribution in [1.82, 2.24) is 9.13 Å². The van der Waals surface area contributed by atoms with Crippen molar-refractivity contribution in [2.24, 2.45) is 0 Å². The molecule has 16 aromatic rings. The van der Waals surface area contributed by atoms with Gasteiger partial charge in [-0.1, -0.05) is 281 Å². The zero-order chi connectivity index (χ0) is 57.1. The Balaban J connectivity index is 0.000000148. The molecule has 0 amide bonds. The van der Waals surface area contributed by atoms with E-state index in [4.69, 9.17) is 5.73 Å². The molecule has 0 radical (unpaired) electrons. The zero-order valence-electron chi connectivity index (χ0n) is 46.7. The zero-order valence-corrected chi connectivity index (χ0v) is 48.3. The van der Waals surface area contributed by atoms with Gasteiger partial charge in [0.05, 0.1) is 22.1 Å². The molecule has 0 aliphatic carbocycles. The average Bonchev–Trinajstić information content (AvgIpc) is 2.16. The fourth-order valence-corrected chi connectivity index (χ4v) is 12.4. The molecule has 428 valence electrons. The first kappa shape index (κ1) is 59.2. The molecule has 0 fully saturated rings. The van der Waals surface area contributed by atoms with E-state index in [0.29, 0.717) is 0 Å². The molecule has 0 bridgehead atoms. The first-order valence-electron chi connectivity index (χ1n) is 28.9. The van der Waals surface area contributed by atoms with Gasteiger partial charge in [-0.15, -0.1) is 0 Å². The third kappa shape index (κ3) is 11.9. The molecule has 0 aliphatic rings. The van der Waals surface area contributed by atoms with E-state index in [1.807, 2.05) is 12.1 Å². The van der Waals surface area contributed by atoms with Crippen LogP contribution in [0.4, 0.5) is 5.69 Å². The summed E-state index contributed by atoms with van der Waals surface area (Å²) in [6.07, 6.45) is 0.916. The standard InChI is InChI=1S/C41H29N.C24H16BrN.C16H13N.3CH4/c1-2-11-35(12-3-1)42-40-16-7-6-14-38(40)39-28-34(25-26-41(39)42)31-21-17-29(18-22-31)27-30-19-23-33(24-20-30)37-15-8-10-32-9-4-5-13-36(32)37;25-19-13-10-17(11-14-19)18-12-15-24-22(16-18)21-8-4-5-9-23(21)26(24)20-6-2-1-3-7-20;17-14-10-8-13(9-11-14)16-7-3-5-12-4-1-2-6-15(12)16;;;/h1-26,28H,27H2;1-16H;1-11H,17H2;3*1H4. The molecule has 0 spiro atoms. The highest BCUT2D eigenvalue weighted by Gasteiger charge is 2.15. The second-order valence-electron chi connectivity index (χ2n) is 21.6. The van der Waals surface area contributed by atoms with Crippen LogP contribution in [0.5, 0.6) is 0 Å². The lowest BCUT2D eigenvalue weighted by Gasteiger charge is -2.09. The Bertz CT molecular complexity index is 4990. The molecule has 16 rings (SSSR count). The van der Waals surface area contributed by atoms with E-state index in [1.54, 1.807) is 0 Å². The van der Waals surface area contributed by atoms with E-state index in [0.717, 1.165) is 16.6 Å². The Kier molecular flexibility index (Phi) is 17.8. The van der Waals surface area contributed by atoms with Crippen molar-refractivity contribution in [1.29, 1.82) is 0 Å². The maximum Gasteiger partial charge on any atom is 0.0541 e. The number of benzene rings is 14. The number of hydrogen-bond donors (Lipinski definition) is 1. The van der Waals surface area contributed by atoms with Crippen LogP contribution in [0.3, 0.4) is 0 Å². The maximum atomic E-state index is 5.72. The van der Waals surface area contributed by atoms with Crippen LogP contribution in [-0.4, -0.2) is 9.13 Å². The molecule has 88 heavy (non-hydrogen) atoms. The Morgan fingerprint density at radius 1 is 0.261 bits per heavy atom. The highest BCUT2D eigenvalue weighted by molar-refractivity contribution is 9.10. The van der Waals surface area contributed by atoms with E-state index in [9.17, 15) is 0 Å². The summed E-state index contributed by atoms with van der Waals surface area (Å²) >= 11 is 3.52. The van der Waals surface area contributed by atoms with Crippen LogP contribution >= 0.6 is 15.9 Å². The number of nitrogen functional groups attached to an aromatic ring is 1. The molecule has 14 aromatic carbocycles. The fraction of sp³-hybridized carbons (Fsp3) is 0.0476. The lowest BCUT2D eigenvalue weighted by Crippen LogP contribution is -1.92. The Morgan fingerprint density at radius 3 is 1.03 bits per heavy atom. The topological polar surface area (TPSA) is 35.9 Å². The van der Waals surface area contributed by atoms with Crippen LogP contribution in [0.15, 0.2) is 332 Å². The number of para-hydroxylation sites is 4. The predicted molar refractivity (Wildman–Crippen MR) is 386 cm³/mol. The normalized spacial score (nSPS) is 10.8. The summed E-state index contributed by atoms with van der Waals surface area (Å²) in [6, 6.07) is 117. The summed E-state index contributed by atoms with van der Waals surface area (Å²) in [5, 5.41) is 10.2. The van der Waals surface area contributed by atoms with Crippen LogP contribution in [0.2, 0.25) is 0 Å². The van der Waals surface area contributed by atoms with Crippen molar-refractivity contribution in [3.05, 3.63) is 343 Å². The summed E-state index contributed by atoms with van der Waals surface area (Å²) in [5.74, 6) is 0. The van der Waals surface area contributed by atoms with Crippen LogP contribution in [0.1, 0.15) is 33.4 Å². The molecule has 0 aliphatic heterocycles. The minimum Gasteiger partial charge on any atom is -0.399 e. The third-order valence-corrected chi connectivity index (χ3v) is 16.8. The summed E-state index contributed by atoms with van der Waals surface area (Å²) in [4.78, 5) is 0. The maximum absolute atomic E-state index is 5.72. The second kappa shape index (κ2) is 26.4. The van der Waals surface area contributed by atoms with Crippen molar-refractivity contribution in [2.45, 2.75) is 28.7 Å². The summed E-state index contributed by atoms with van der Waals surface area (Å²) in [7, 11) is 0. The molecular formula is C84H70BrN3. The first-order chi connectivity index (χ1) is 42.0.